The van der Waals surface area contributed by atoms with Crippen molar-refractivity contribution >= 4 is 38.3 Å². The summed E-state index contributed by atoms with van der Waals surface area (Å²) in [6, 6.07) is 18.0. The van der Waals surface area contributed by atoms with E-state index in [1.807, 2.05) is 52.9 Å². The second-order valence-corrected chi connectivity index (χ2v) is 10.1. The van der Waals surface area contributed by atoms with Gasteiger partial charge in [0.05, 0.1) is 4.90 Å². The number of hydrogen-bond donors (Lipinski definition) is 1. The van der Waals surface area contributed by atoms with E-state index in [1.54, 1.807) is 24.3 Å². The molecular weight excluding hydrogens is 464 g/mol. The number of amides is 1. The Morgan fingerprint density at radius 2 is 1.71 bits per heavy atom. The molecule has 180 valence electrons. The summed E-state index contributed by atoms with van der Waals surface area (Å²) in [5.41, 5.74) is 1.97. The van der Waals surface area contributed by atoms with Crippen molar-refractivity contribution in [3.05, 3.63) is 79.4 Å². The molecule has 0 spiro atoms. The molecule has 1 unspecified atom stereocenters. The Morgan fingerprint density at radius 1 is 0.971 bits per heavy atom. The summed E-state index contributed by atoms with van der Waals surface area (Å²) < 4.78 is 29.7. The van der Waals surface area contributed by atoms with Gasteiger partial charge in [0.1, 0.15) is 18.2 Å². The van der Waals surface area contributed by atoms with Gasteiger partial charge in [0.25, 0.3) is 10.0 Å². The molecule has 4 aromatic rings. The number of nitrogens with zero attached hydrogens (tertiary/aromatic N) is 5. The molecule has 1 atom stereocenters. The van der Waals surface area contributed by atoms with Gasteiger partial charge in [-0.15, -0.1) is 0 Å². The van der Waals surface area contributed by atoms with Gasteiger partial charge in [-0.05, 0) is 54.8 Å². The summed E-state index contributed by atoms with van der Waals surface area (Å²) in [5.74, 6) is 0.315. The fraction of sp³-hybridized carbons (Fsp3) is 0.240. The topological polar surface area (TPSA) is 100 Å². The van der Waals surface area contributed by atoms with Crippen LogP contribution in [0.3, 0.4) is 0 Å². The minimum atomic E-state index is -3.74. The maximum atomic E-state index is 13.2. The summed E-state index contributed by atoms with van der Waals surface area (Å²) in [5, 5.41) is 1.12. The van der Waals surface area contributed by atoms with Crippen LogP contribution in [0.5, 0.6) is 0 Å². The number of anilines is 2. The van der Waals surface area contributed by atoms with Crippen LogP contribution in [0, 0.1) is 0 Å². The van der Waals surface area contributed by atoms with Crippen molar-refractivity contribution in [2.75, 3.05) is 35.8 Å². The van der Waals surface area contributed by atoms with Gasteiger partial charge < -0.3 is 14.4 Å². The lowest BCUT2D eigenvalue weighted by atomic mass is 10.2. The Hall–Kier alpha value is -3.92. The van der Waals surface area contributed by atoms with Crippen molar-refractivity contribution in [2.45, 2.75) is 17.9 Å². The van der Waals surface area contributed by atoms with E-state index in [0.29, 0.717) is 26.2 Å². The monoisotopic (exact) mass is 490 g/mol. The SMILES string of the molecule is CC(C(=O)N1CCN(c2ccc(S(=O)(=O)Nc3ccncn3)cc2)CC1)n1ccc2ccccc21. The van der Waals surface area contributed by atoms with Crippen molar-refractivity contribution in [1.82, 2.24) is 19.4 Å². The van der Waals surface area contributed by atoms with Crippen LogP contribution in [0.2, 0.25) is 0 Å². The van der Waals surface area contributed by atoms with Gasteiger partial charge >= 0.3 is 0 Å². The van der Waals surface area contributed by atoms with Crippen LogP contribution in [-0.2, 0) is 14.8 Å². The molecule has 1 saturated heterocycles. The molecular formula is C25H26N6O3S. The molecule has 5 rings (SSSR count). The van der Waals surface area contributed by atoms with Crippen molar-refractivity contribution in [3.63, 3.8) is 0 Å². The van der Waals surface area contributed by atoms with Crippen LogP contribution in [0.1, 0.15) is 13.0 Å². The van der Waals surface area contributed by atoms with Crippen molar-refractivity contribution in [1.29, 1.82) is 0 Å². The summed E-state index contributed by atoms with van der Waals surface area (Å²) in [7, 11) is -3.74. The quantitative estimate of drug-likeness (QED) is 0.446. The Labute approximate surface area is 204 Å². The number of piperazine rings is 1. The number of fused-ring (bicyclic) bond motifs is 1. The molecule has 0 aliphatic carbocycles. The minimum absolute atomic E-state index is 0.100. The summed E-state index contributed by atoms with van der Waals surface area (Å²) in [6.07, 6.45) is 4.73. The van der Waals surface area contributed by atoms with Crippen molar-refractivity contribution < 1.29 is 13.2 Å². The third-order valence-corrected chi connectivity index (χ3v) is 7.70. The molecule has 9 nitrogen and oxygen atoms in total. The lowest BCUT2D eigenvalue weighted by Crippen LogP contribution is -2.50. The predicted octanol–water partition coefficient (Wildman–Crippen LogP) is 3.14. The van der Waals surface area contributed by atoms with E-state index >= 15 is 0 Å². The fourth-order valence-corrected chi connectivity index (χ4v) is 5.40. The molecule has 1 aliphatic heterocycles. The summed E-state index contributed by atoms with van der Waals surface area (Å²) in [6.45, 7) is 4.51. The lowest BCUT2D eigenvalue weighted by Gasteiger charge is -2.37. The Balaban J connectivity index is 1.21. The Bertz CT molecular complexity index is 1430. The Kier molecular flexibility index (Phi) is 6.12. The largest absolute Gasteiger partial charge is 0.368 e. The van der Waals surface area contributed by atoms with E-state index in [0.717, 1.165) is 16.6 Å². The van der Waals surface area contributed by atoms with Gasteiger partial charge in [0, 0.05) is 49.8 Å². The van der Waals surface area contributed by atoms with E-state index in [-0.39, 0.29) is 22.7 Å². The highest BCUT2D eigenvalue weighted by atomic mass is 32.2. The zero-order chi connectivity index (χ0) is 24.4. The molecule has 1 aliphatic rings. The first-order valence-corrected chi connectivity index (χ1v) is 12.9. The molecule has 1 N–H and O–H groups in total. The first kappa shape index (κ1) is 22.9. The molecule has 0 bridgehead atoms. The molecule has 1 amide bonds. The number of sulfonamides is 1. The van der Waals surface area contributed by atoms with E-state index in [2.05, 4.69) is 19.6 Å². The molecule has 1 fully saturated rings. The maximum Gasteiger partial charge on any atom is 0.263 e. The third kappa shape index (κ3) is 4.69. The molecule has 35 heavy (non-hydrogen) atoms. The number of para-hydroxylation sites is 1. The lowest BCUT2D eigenvalue weighted by molar-refractivity contribution is -0.134. The number of aromatic nitrogens is 3. The van der Waals surface area contributed by atoms with Gasteiger partial charge in [-0.1, -0.05) is 18.2 Å². The molecule has 2 aromatic carbocycles. The van der Waals surface area contributed by atoms with E-state index < -0.39 is 10.0 Å². The second kappa shape index (κ2) is 9.38. The van der Waals surface area contributed by atoms with E-state index in [9.17, 15) is 13.2 Å². The number of nitrogens with one attached hydrogen (secondary N) is 1. The number of hydrogen-bond acceptors (Lipinski definition) is 6. The van der Waals surface area contributed by atoms with Crippen molar-refractivity contribution in [3.8, 4) is 0 Å². The average molecular weight is 491 g/mol. The summed E-state index contributed by atoms with van der Waals surface area (Å²) in [4.78, 5) is 25.1. The minimum Gasteiger partial charge on any atom is -0.368 e. The standard InChI is InChI=1S/C25H26N6O3S/c1-19(31-13-11-20-4-2-3-5-23(20)31)25(32)30-16-14-29(15-17-30)21-6-8-22(9-7-21)35(33,34)28-24-10-12-26-18-27-24/h2-13,18-19H,14-17H2,1H3,(H,26,27,28). The molecule has 10 heteroatoms. The number of carbonyl (C=O) groups is 1. The van der Waals surface area contributed by atoms with Gasteiger partial charge in [0.15, 0.2) is 0 Å². The van der Waals surface area contributed by atoms with Crippen LogP contribution in [0.15, 0.2) is 84.3 Å². The second-order valence-electron chi connectivity index (χ2n) is 8.46. The van der Waals surface area contributed by atoms with E-state index in [4.69, 9.17) is 0 Å². The average Bonchev–Trinajstić information content (AvgIpc) is 3.33. The predicted molar refractivity (Wildman–Crippen MR) is 135 cm³/mol. The van der Waals surface area contributed by atoms with Crippen LogP contribution in [-0.4, -0.2) is 59.9 Å². The van der Waals surface area contributed by atoms with Gasteiger partial charge in [-0.2, -0.15) is 0 Å². The summed E-state index contributed by atoms with van der Waals surface area (Å²) >= 11 is 0. The van der Waals surface area contributed by atoms with E-state index in [1.165, 1.54) is 18.6 Å². The maximum absolute atomic E-state index is 13.2. The first-order chi connectivity index (χ1) is 16.9. The fourth-order valence-electron chi connectivity index (χ4n) is 4.39. The molecule has 2 aromatic heterocycles. The van der Waals surface area contributed by atoms with Crippen LogP contribution in [0.25, 0.3) is 10.9 Å². The van der Waals surface area contributed by atoms with Crippen LogP contribution < -0.4 is 9.62 Å². The zero-order valence-electron chi connectivity index (χ0n) is 19.3. The van der Waals surface area contributed by atoms with Gasteiger partial charge in [-0.25, -0.2) is 18.4 Å². The van der Waals surface area contributed by atoms with Gasteiger partial charge in [-0.3, -0.25) is 9.52 Å². The van der Waals surface area contributed by atoms with Gasteiger partial charge in [0.2, 0.25) is 5.91 Å². The molecule has 3 heterocycles. The van der Waals surface area contributed by atoms with Crippen LogP contribution in [0.4, 0.5) is 11.5 Å². The highest BCUT2D eigenvalue weighted by Crippen LogP contribution is 2.24. The number of rotatable bonds is 6. The first-order valence-electron chi connectivity index (χ1n) is 11.4. The smallest absolute Gasteiger partial charge is 0.263 e. The van der Waals surface area contributed by atoms with Crippen LogP contribution >= 0.6 is 0 Å². The molecule has 0 saturated carbocycles. The van der Waals surface area contributed by atoms with Crippen molar-refractivity contribution in [2.24, 2.45) is 0 Å². The highest BCUT2D eigenvalue weighted by Gasteiger charge is 2.26. The Morgan fingerprint density at radius 3 is 2.43 bits per heavy atom. The number of carbonyl (C=O) groups excluding carboxylic acids is 1. The number of benzene rings is 2. The highest BCUT2D eigenvalue weighted by molar-refractivity contribution is 7.92. The third-order valence-electron chi connectivity index (χ3n) is 6.33. The zero-order valence-corrected chi connectivity index (χ0v) is 20.1. The molecule has 0 radical (unpaired) electrons. The normalized spacial score (nSPS) is 15.2.